The van der Waals surface area contributed by atoms with Crippen LogP contribution in [0.2, 0.25) is 10.0 Å². The van der Waals surface area contributed by atoms with Gasteiger partial charge in [-0.05, 0) is 48.0 Å². The minimum Gasteiger partial charge on any atom is -0.491 e. The summed E-state index contributed by atoms with van der Waals surface area (Å²) < 4.78 is 33.4. The van der Waals surface area contributed by atoms with Gasteiger partial charge in [0.05, 0.1) is 21.2 Å². The second-order valence-corrected chi connectivity index (χ2v) is 6.09. The van der Waals surface area contributed by atoms with Crippen molar-refractivity contribution in [3.05, 3.63) is 57.6 Å². The molecule has 0 aliphatic heterocycles. The zero-order valence-corrected chi connectivity index (χ0v) is 16.5. The summed E-state index contributed by atoms with van der Waals surface area (Å²) in [4.78, 5) is 21.3. The van der Waals surface area contributed by atoms with Crippen molar-refractivity contribution in [2.75, 3.05) is 26.6 Å². The third kappa shape index (κ3) is 7.88. The molecule has 5 nitrogen and oxygen atoms in total. The van der Waals surface area contributed by atoms with Gasteiger partial charge < -0.3 is 14.6 Å². The zero-order valence-electron chi connectivity index (χ0n) is 14.3. The maximum Gasteiger partial charge on any atom is 0.337 e. The summed E-state index contributed by atoms with van der Waals surface area (Å²) in [5.74, 6) is -0.334. The van der Waals surface area contributed by atoms with Crippen molar-refractivity contribution in [2.24, 2.45) is 0 Å². The lowest BCUT2D eigenvalue weighted by Gasteiger charge is -2.05. The molecule has 0 aliphatic rings. The van der Waals surface area contributed by atoms with Crippen LogP contribution in [-0.4, -0.2) is 42.9 Å². The first-order valence-corrected chi connectivity index (χ1v) is 8.83. The summed E-state index contributed by atoms with van der Waals surface area (Å²) in [7, 11) is 0. The number of benzene rings is 2. The van der Waals surface area contributed by atoms with Crippen LogP contribution in [0.4, 0.5) is 8.78 Å². The van der Waals surface area contributed by atoms with E-state index in [0.29, 0.717) is 11.5 Å². The fraction of sp³-hybridized carbons (Fsp3) is 0.222. The quantitative estimate of drug-likeness (QED) is 0.536. The maximum absolute atomic E-state index is 11.8. The van der Waals surface area contributed by atoms with Crippen molar-refractivity contribution < 1.29 is 33.0 Å². The molecule has 0 aromatic heterocycles. The number of alkyl halides is 2. The number of hydrogen-bond acceptors (Lipinski definition) is 4. The number of carbonyl (C=O) groups excluding carboxylic acids is 1. The minimum atomic E-state index is -1.10. The SMILES string of the molecule is O=C(Cl)c1ccc(OCCF)cc1Cl.O=C(O)c1ccc(OCCF)cc1Cl. The second kappa shape index (κ2) is 12.4. The van der Waals surface area contributed by atoms with Gasteiger partial charge in [0.1, 0.15) is 38.1 Å². The standard InChI is InChI=1S/C9H7Cl2FO2.C9H8ClFO3/c10-8-5-6(14-4-3-12)1-2-7(8)9(11)13;10-8-5-6(14-4-3-11)1-2-7(8)9(12)13/h1-2,5H,3-4H2;1-2,5H,3-4H2,(H,12,13). The van der Waals surface area contributed by atoms with Crippen molar-refractivity contribution in [3.8, 4) is 11.5 Å². The molecule has 0 atom stereocenters. The van der Waals surface area contributed by atoms with E-state index < -0.39 is 24.6 Å². The van der Waals surface area contributed by atoms with Gasteiger partial charge in [-0.25, -0.2) is 13.6 Å². The van der Waals surface area contributed by atoms with Crippen LogP contribution in [-0.2, 0) is 0 Å². The van der Waals surface area contributed by atoms with E-state index in [2.05, 4.69) is 0 Å². The summed E-state index contributed by atoms with van der Waals surface area (Å²) in [5, 5.41) is 8.29. The summed E-state index contributed by atoms with van der Waals surface area (Å²) in [6, 6.07) is 8.47. The molecule has 0 spiro atoms. The van der Waals surface area contributed by atoms with Crippen LogP contribution in [0, 0.1) is 0 Å². The Morgan fingerprint density at radius 1 is 0.857 bits per heavy atom. The van der Waals surface area contributed by atoms with Gasteiger partial charge in [0.2, 0.25) is 0 Å². The van der Waals surface area contributed by atoms with E-state index in [1.807, 2.05) is 0 Å². The maximum atomic E-state index is 11.8. The smallest absolute Gasteiger partial charge is 0.337 e. The van der Waals surface area contributed by atoms with Gasteiger partial charge >= 0.3 is 5.97 Å². The van der Waals surface area contributed by atoms with Crippen molar-refractivity contribution in [1.29, 1.82) is 0 Å². The molecule has 28 heavy (non-hydrogen) atoms. The molecule has 10 heteroatoms. The molecule has 0 saturated heterocycles. The summed E-state index contributed by atoms with van der Waals surface area (Å²) in [5.41, 5.74) is 0.209. The van der Waals surface area contributed by atoms with E-state index in [-0.39, 0.29) is 34.4 Å². The van der Waals surface area contributed by atoms with Crippen molar-refractivity contribution >= 4 is 46.0 Å². The number of ether oxygens (including phenoxy) is 2. The van der Waals surface area contributed by atoms with Crippen LogP contribution in [0.5, 0.6) is 11.5 Å². The first kappa shape index (κ1) is 23.9. The Hall–Kier alpha value is -2.09. The van der Waals surface area contributed by atoms with Crippen LogP contribution in [0.3, 0.4) is 0 Å². The Bertz CT molecular complexity index is 750. The van der Waals surface area contributed by atoms with E-state index >= 15 is 0 Å². The van der Waals surface area contributed by atoms with Gasteiger partial charge in [0.25, 0.3) is 5.24 Å². The van der Waals surface area contributed by atoms with Gasteiger partial charge in [-0.1, -0.05) is 23.2 Å². The topological polar surface area (TPSA) is 72.8 Å². The van der Waals surface area contributed by atoms with E-state index in [1.165, 1.54) is 36.4 Å². The van der Waals surface area contributed by atoms with E-state index in [9.17, 15) is 18.4 Å². The second-order valence-electron chi connectivity index (χ2n) is 4.94. The molecule has 0 heterocycles. The van der Waals surface area contributed by atoms with Crippen LogP contribution < -0.4 is 9.47 Å². The molecule has 2 aromatic rings. The first-order chi connectivity index (χ1) is 13.3. The number of carboxylic acids is 1. The highest BCUT2D eigenvalue weighted by Gasteiger charge is 2.09. The normalized spacial score (nSPS) is 9.89. The number of carbonyl (C=O) groups is 2. The Kier molecular flexibility index (Phi) is 10.6. The average Bonchev–Trinajstić information content (AvgIpc) is 2.64. The third-order valence-corrected chi connectivity index (χ3v) is 3.84. The highest BCUT2D eigenvalue weighted by atomic mass is 35.5. The van der Waals surface area contributed by atoms with Gasteiger partial charge in [0, 0.05) is 0 Å². The minimum absolute atomic E-state index is 0.000680. The molecule has 2 rings (SSSR count). The lowest BCUT2D eigenvalue weighted by Crippen LogP contribution is -2.01. The van der Waals surface area contributed by atoms with Crippen LogP contribution in [0.25, 0.3) is 0 Å². The Balaban J connectivity index is 0.000000280. The number of rotatable bonds is 8. The molecule has 0 amide bonds. The van der Waals surface area contributed by atoms with Crippen molar-refractivity contribution in [2.45, 2.75) is 0 Å². The van der Waals surface area contributed by atoms with E-state index in [4.69, 9.17) is 49.4 Å². The molecule has 0 aliphatic carbocycles. The van der Waals surface area contributed by atoms with Crippen LogP contribution in [0.15, 0.2) is 36.4 Å². The van der Waals surface area contributed by atoms with Gasteiger partial charge in [-0.2, -0.15) is 0 Å². The van der Waals surface area contributed by atoms with Gasteiger partial charge in [0.15, 0.2) is 0 Å². The lowest BCUT2D eigenvalue weighted by molar-refractivity contribution is 0.0697. The fourth-order valence-corrected chi connectivity index (χ4v) is 2.54. The van der Waals surface area contributed by atoms with Gasteiger partial charge in [-0.3, -0.25) is 4.79 Å². The van der Waals surface area contributed by atoms with Crippen LogP contribution in [0.1, 0.15) is 20.7 Å². The molecule has 0 bridgehead atoms. The highest BCUT2D eigenvalue weighted by molar-refractivity contribution is 6.68. The molecule has 152 valence electrons. The molecule has 2 aromatic carbocycles. The predicted molar refractivity (Wildman–Crippen MR) is 103 cm³/mol. The monoisotopic (exact) mass is 454 g/mol. The molecule has 1 N–H and O–H groups in total. The molecule has 0 unspecified atom stereocenters. The summed E-state index contributed by atoms with van der Waals surface area (Å²) >= 11 is 16.6. The Morgan fingerprint density at radius 2 is 1.29 bits per heavy atom. The Morgan fingerprint density at radius 3 is 1.61 bits per heavy atom. The van der Waals surface area contributed by atoms with Crippen LogP contribution >= 0.6 is 34.8 Å². The average molecular weight is 456 g/mol. The number of carboxylic acid groups (broad SMARTS) is 1. The third-order valence-electron chi connectivity index (χ3n) is 3.02. The number of hydrogen-bond donors (Lipinski definition) is 1. The largest absolute Gasteiger partial charge is 0.491 e. The molecule has 0 radical (unpaired) electrons. The molecular weight excluding hydrogens is 441 g/mol. The summed E-state index contributed by atoms with van der Waals surface area (Å²) in [6.07, 6.45) is 0. The van der Waals surface area contributed by atoms with Gasteiger partial charge in [-0.15, -0.1) is 0 Å². The first-order valence-electron chi connectivity index (χ1n) is 7.69. The summed E-state index contributed by atoms with van der Waals surface area (Å²) in [6.45, 7) is -1.28. The Labute approximate surface area is 174 Å². The molecule has 0 fully saturated rings. The number of aromatic carboxylic acids is 1. The predicted octanol–water partition coefficient (Wildman–Crippen LogP) is 5.45. The van der Waals surface area contributed by atoms with Crippen molar-refractivity contribution in [1.82, 2.24) is 0 Å². The molecule has 0 saturated carbocycles. The number of halogens is 5. The zero-order chi connectivity index (χ0) is 21.1. The lowest BCUT2D eigenvalue weighted by atomic mass is 10.2. The van der Waals surface area contributed by atoms with E-state index in [0.717, 1.165) is 0 Å². The van der Waals surface area contributed by atoms with Crippen molar-refractivity contribution in [3.63, 3.8) is 0 Å². The molecular formula is C18H15Cl3F2O5. The highest BCUT2D eigenvalue weighted by Crippen LogP contribution is 2.24. The van der Waals surface area contributed by atoms with E-state index in [1.54, 1.807) is 0 Å². The fourth-order valence-electron chi connectivity index (χ4n) is 1.82.